The van der Waals surface area contributed by atoms with Crippen molar-refractivity contribution in [3.63, 3.8) is 0 Å². The summed E-state index contributed by atoms with van der Waals surface area (Å²) in [7, 11) is 0. The van der Waals surface area contributed by atoms with Crippen LogP contribution in [0.2, 0.25) is 0 Å². The molecule has 6 heteroatoms. The molecule has 4 heterocycles. The number of carbonyl (C=O) groups excluding carboxylic acids is 1. The van der Waals surface area contributed by atoms with Crippen molar-refractivity contribution in [3.8, 4) is 0 Å². The van der Waals surface area contributed by atoms with Gasteiger partial charge in [-0.1, -0.05) is 32.3 Å². The molecule has 3 aromatic rings. The smallest absolute Gasteiger partial charge is 0.266 e. The molecule has 0 spiro atoms. The number of hydrogen-bond donors (Lipinski definition) is 2. The van der Waals surface area contributed by atoms with Crippen LogP contribution in [0.1, 0.15) is 66.6 Å². The summed E-state index contributed by atoms with van der Waals surface area (Å²) in [5.41, 5.74) is 3.32. The third kappa shape index (κ3) is 4.87. The van der Waals surface area contributed by atoms with E-state index in [2.05, 4.69) is 28.3 Å². The van der Waals surface area contributed by atoms with E-state index in [-0.39, 0.29) is 5.91 Å². The quantitative estimate of drug-likeness (QED) is 0.473. The highest BCUT2D eigenvalue weighted by Gasteiger charge is 2.23. The maximum absolute atomic E-state index is 12.3. The summed E-state index contributed by atoms with van der Waals surface area (Å²) in [6, 6.07) is 7.60. The minimum absolute atomic E-state index is 0.0969. The molecule has 1 aliphatic rings. The van der Waals surface area contributed by atoms with E-state index in [0.717, 1.165) is 24.1 Å². The first-order valence-electron chi connectivity index (χ1n) is 10.8. The Morgan fingerprint density at radius 3 is 2.86 bits per heavy atom. The summed E-state index contributed by atoms with van der Waals surface area (Å²) in [4.78, 5) is 23.8. The lowest BCUT2D eigenvalue weighted by Gasteiger charge is -2.31. The normalized spacial score (nSPS) is 15.8. The molecule has 0 saturated carbocycles. The number of likely N-dealkylation sites (tertiary alicyclic amines) is 1. The van der Waals surface area contributed by atoms with Crippen molar-refractivity contribution >= 4 is 34.1 Å². The molecule has 3 aromatic heterocycles. The van der Waals surface area contributed by atoms with Crippen LogP contribution in [0.15, 0.2) is 35.8 Å². The van der Waals surface area contributed by atoms with Gasteiger partial charge < -0.3 is 15.2 Å². The summed E-state index contributed by atoms with van der Waals surface area (Å²) >= 11 is 1.44. The highest BCUT2D eigenvalue weighted by Crippen LogP contribution is 2.33. The van der Waals surface area contributed by atoms with Gasteiger partial charge >= 0.3 is 0 Å². The number of rotatable bonds is 8. The highest BCUT2D eigenvalue weighted by molar-refractivity contribution is 7.12. The molecule has 1 fully saturated rings. The van der Waals surface area contributed by atoms with Crippen molar-refractivity contribution in [2.24, 2.45) is 0 Å². The van der Waals surface area contributed by atoms with E-state index in [1.165, 1.54) is 62.0 Å². The molecule has 0 unspecified atom stereocenters. The number of anilines is 1. The lowest BCUT2D eigenvalue weighted by Crippen LogP contribution is -2.33. The van der Waals surface area contributed by atoms with Crippen LogP contribution in [0, 0.1) is 0 Å². The Labute approximate surface area is 176 Å². The summed E-state index contributed by atoms with van der Waals surface area (Å²) in [5, 5.41) is 4.84. The first kappa shape index (κ1) is 20.1. The molecular formula is C23H30N4OS. The van der Waals surface area contributed by atoms with Crippen LogP contribution in [-0.2, 0) is 0 Å². The van der Waals surface area contributed by atoms with Crippen LogP contribution in [0.25, 0.3) is 11.0 Å². The molecule has 1 amide bonds. The van der Waals surface area contributed by atoms with Gasteiger partial charge in [0, 0.05) is 6.20 Å². The molecule has 0 aromatic carbocycles. The molecule has 0 bridgehead atoms. The fraction of sp³-hybridized carbons (Fsp3) is 0.478. The standard InChI is InChI=1S/C23H30N4OS/c1-2-3-4-5-12-27-13-10-17(11-14-27)18-16-24-19-8-9-21(25-22(18)19)26-23(28)20-7-6-15-29-20/h6-9,15-17,24H,2-5,10-14H2,1H3,(H,25,26,28). The summed E-state index contributed by atoms with van der Waals surface area (Å²) < 4.78 is 0. The van der Waals surface area contributed by atoms with Crippen LogP contribution in [0.3, 0.4) is 0 Å². The molecule has 0 atom stereocenters. The molecule has 0 aliphatic carbocycles. The number of carbonyl (C=O) groups is 1. The second-order valence-electron chi connectivity index (χ2n) is 7.94. The molecule has 0 radical (unpaired) electrons. The molecule has 29 heavy (non-hydrogen) atoms. The van der Waals surface area contributed by atoms with Crippen molar-refractivity contribution in [3.05, 3.63) is 46.3 Å². The van der Waals surface area contributed by atoms with Crippen molar-refractivity contribution in [2.45, 2.75) is 51.4 Å². The van der Waals surface area contributed by atoms with Crippen LogP contribution >= 0.6 is 11.3 Å². The van der Waals surface area contributed by atoms with Gasteiger partial charge in [0.1, 0.15) is 5.82 Å². The third-order valence-corrected chi connectivity index (χ3v) is 6.76. The lowest BCUT2D eigenvalue weighted by molar-refractivity contribution is 0.103. The summed E-state index contributed by atoms with van der Waals surface area (Å²) in [5.74, 6) is 1.05. The van der Waals surface area contributed by atoms with Crippen LogP contribution in [-0.4, -0.2) is 40.4 Å². The van der Waals surface area contributed by atoms with Gasteiger partial charge in [-0.05, 0) is 74.0 Å². The minimum atomic E-state index is -0.0969. The van der Waals surface area contributed by atoms with Gasteiger partial charge in [0.05, 0.1) is 15.9 Å². The summed E-state index contributed by atoms with van der Waals surface area (Å²) in [6.45, 7) is 5.83. The highest BCUT2D eigenvalue weighted by atomic mass is 32.1. The average molecular weight is 411 g/mol. The SMILES string of the molecule is CCCCCCN1CCC(c2c[nH]c3ccc(NC(=O)c4cccs4)nc23)CC1. The number of nitrogens with zero attached hydrogens (tertiary/aromatic N) is 2. The molecule has 5 nitrogen and oxygen atoms in total. The fourth-order valence-electron chi connectivity index (χ4n) is 4.22. The fourth-order valence-corrected chi connectivity index (χ4v) is 4.83. The zero-order valence-corrected chi connectivity index (χ0v) is 17.9. The molecule has 4 rings (SSSR count). The Bertz CT molecular complexity index is 926. The minimum Gasteiger partial charge on any atom is -0.360 e. The molecular weight excluding hydrogens is 380 g/mol. The first-order chi connectivity index (χ1) is 14.2. The number of nitrogens with one attached hydrogen (secondary N) is 2. The number of H-pyrrole nitrogens is 1. The van der Waals surface area contributed by atoms with Gasteiger partial charge in [0.25, 0.3) is 5.91 Å². The Hall–Kier alpha value is -2.18. The maximum atomic E-state index is 12.3. The lowest BCUT2D eigenvalue weighted by atomic mass is 9.90. The topological polar surface area (TPSA) is 61.0 Å². The van der Waals surface area contributed by atoms with Crippen LogP contribution in [0.4, 0.5) is 5.82 Å². The Kier molecular flexibility index (Phi) is 6.62. The number of hydrogen-bond acceptors (Lipinski definition) is 4. The zero-order valence-electron chi connectivity index (χ0n) is 17.1. The van der Waals surface area contributed by atoms with Crippen molar-refractivity contribution in [1.29, 1.82) is 0 Å². The van der Waals surface area contributed by atoms with E-state index in [1.807, 2.05) is 29.6 Å². The van der Waals surface area contributed by atoms with Gasteiger partial charge in [-0.25, -0.2) is 4.98 Å². The Morgan fingerprint density at radius 2 is 2.10 bits per heavy atom. The molecule has 154 valence electrons. The second kappa shape index (κ2) is 9.55. The van der Waals surface area contributed by atoms with Crippen molar-refractivity contribution in [2.75, 3.05) is 25.0 Å². The summed E-state index contributed by atoms with van der Waals surface area (Å²) in [6.07, 6.45) is 9.78. The zero-order chi connectivity index (χ0) is 20.1. The number of aromatic nitrogens is 2. The monoisotopic (exact) mass is 410 g/mol. The number of aromatic amines is 1. The molecule has 1 saturated heterocycles. The van der Waals surface area contributed by atoms with Gasteiger partial charge in [-0.15, -0.1) is 11.3 Å². The number of piperidine rings is 1. The number of unbranched alkanes of at least 4 members (excludes halogenated alkanes) is 3. The molecule has 2 N–H and O–H groups in total. The van der Waals surface area contributed by atoms with E-state index in [9.17, 15) is 4.79 Å². The predicted octanol–water partition coefficient (Wildman–Crippen LogP) is 5.64. The second-order valence-corrected chi connectivity index (χ2v) is 8.89. The van der Waals surface area contributed by atoms with Gasteiger partial charge in [-0.3, -0.25) is 4.79 Å². The van der Waals surface area contributed by atoms with E-state index < -0.39 is 0 Å². The van der Waals surface area contributed by atoms with Crippen molar-refractivity contribution < 1.29 is 4.79 Å². The maximum Gasteiger partial charge on any atom is 0.266 e. The number of fused-ring (bicyclic) bond motifs is 1. The van der Waals surface area contributed by atoms with E-state index in [4.69, 9.17) is 4.98 Å². The number of thiophene rings is 1. The Morgan fingerprint density at radius 1 is 1.24 bits per heavy atom. The average Bonchev–Trinajstić information content (AvgIpc) is 3.42. The van der Waals surface area contributed by atoms with E-state index in [0.29, 0.717) is 16.6 Å². The largest absolute Gasteiger partial charge is 0.360 e. The predicted molar refractivity (Wildman–Crippen MR) is 121 cm³/mol. The molecule has 1 aliphatic heterocycles. The third-order valence-electron chi connectivity index (χ3n) is 5.89. The number of pyridine rings is 1. The first-order valence-corrected chi connectivity index (χ1v) is 11.7. The van der Waals surface area contributed by atoms with Crippen LogP contribution < -0.4 is 5.32 Å². The van der Waals surface area contributed by atoms with E-state index >= 15 is 0 Å². The van der Waals surface area contributed by atoms with Gasteiger partial charge in [0.15, 0.2) is 0 Å². The van der Waals surface area contributed by atoms with Gasteiger partial charge in [-0.2, -0.15) is 0 Å². The Balaban J connectivity index is 1.40. The number of amides is 1. The van der Waals surface area contributed by atoms with Crippen molar-refractivity contribution in [1.82, 2.24) is 14.9 Å². The van der Waals surface area contributed by atoms with Crippen LogP contribution in [0.5, 0.6) is 0 Å². The van der Waals surface area contributed by atoms with E-state index in [1.54, 1.807) is 0 Å². The van der Waals surface area contributed by atoms with Gasteiger partial charge in [0.2, 0.25) is 0 Å².